The maximum atomic E-state index is 12.1. The van der Waals surface area contributed by atoms with Gasteiger partial charge in [0.05, 0.1) is 33.3 Å². The van der Waals surface area contributed by atoms with Crippen molar-refractivity contribution in [3.63, 3.8) is 0 Å². The van der Waals surface area contributed by atoms with E-state index in [-0.39, 0.29) is 24.3 Å². The zero-order chi connectivity index (χ0) is 38.2. The van der Waals surface area contributed by atoms with Crippen LogP contribution in [0.15, 0.2) is 66.7 Å². The highest BCUT2D eigenvalue weighted by molar-refractivity contribution is 5.89. The molecule has 0 aliphatic heterocycles. The fourth-order valence-electron chi connectivity index (χ4n) is 6.85. The van der Waals surface area contributed by atoms with Crippen molar-refractivity contribution >= 4 is 45.2 Å². The molecule has 0 saturated heterocycles. The summed E-state index contributed by atoms with van der Waals surface area (Å²) in [5, 5.41) is 6.96. The number of carbonyl (C=O) groups excluding carboxylic acids is 2. The van der Waals surface area contributed by atoms with E-state index in [2.05, 4.69) is 81.3 Å². The van der Waals surface area contributed by atoms with Crippen molar-refractivity contribution < 1.29 is 19.1 Å². The van der Waals surface area contributed by atoms with Gasteiger partial charge in [0, 0.05) is 35.9 Å². The summed E-state index contributed by atoms with van der Waals surface area (Å²) < 4.78 is 10.8. The number of imidazole rings is 2. The molecular formula is C43H51N7O4. The Hall–Kier alpha value is -5.45. The first kappa shape index (κ1) is 36.9. The summed E-state index contributed by atoms with van der Waals surface area (Å²) >= 11 is 0. The number of aryl methyl sites for hydroxylation is 2. The van der Waals surface area contributed by atoms with Gasteiger partial charge in [-0.2, -0.15) is 0 Å². The number of ether oxygens (including phenoxy) is 2. The van der Waals surface area contributed by atoms with Gasteiger partial charge in [0.1, 0.15) is 22.9 Å². The molecule has 6 aromatic rings. The second-order valence-electron chi connectivity index (χ2n) is 16.7. The maximum Gasteiger partial charge on any atom is 0.407 e. The molecule has 4 N–H and O–H groups in total. The second-order valence-corrected chi connectivity index (χ2v) is 16.7. The maximum absolute atomic E-state index is 12.1. The van der Waals surface area contributed by atoms with E-state index in [1.54, 1.807) is 0 Å². The van der Waals surface area contributed by atoms with E-state index in [1.165, 1.54) is 0 Å². The summed E-state index contributed by atoms with van der Waals surface area (Å²) in [6, 6.07) is 23.3. The molecule has 2 amide bonds. The minimum atomic E-state index is -0.513. The fourth-order valence-corrected chi connectivity index (χ4v) is 6.85. The molecule has 11 heteroatoms. The van der Waals surface area contributed by atoms with Gasteiger partial charge in [-0.15, -0.1) is 0 Å². The monoisotopic (exact) mass is 729 g/mol. The van der Waals surface area contributed by atoms with Crippen LogP contribution in [0, 0.1) is 5.92 Å². The lowest BCUT2D eigenvalue weighted by Crippen LogP contribution is -2.37. The fraction of sp³-hybridized carbons (Fsp3) is 0.419. The minimum absolute atomic E-state index is 0.00843. The average Bonchev–Trinajstić information content (AvgIpc) is 3.48. The number of carbonyl (C=O) groups is 2. The topological polar surface area (TPSA) is 147 Å². The third-order valence-corrected chi connectivity index (χ3v) is 9.57. The zero-order valence-electron chi connectivity index (χ0n) is 32.3. The van der Waals surface area contributed by atoms with Gasteiger partial charge < -0.3 is 30.1 Å². The van der Waals surface area contributed by atoms with E-state index in [0.29, 0.717) is 5.92 Å². The highest BCUT2D eigenvalue weighted by atomic mass is 16.6. The summed E-state index contributed by atoms with van der Waals surface area (Å²) in [5.74, 6) is 2.34. The molecule has 3 heterocycles. The number of hydrogen-bond donors (Lipinski definition) is 4. The molecule has 1 aliphatic rings. The number of benzene rings is 3. The number of H-pyrrole nitrogens is 2. The Morgan fingerprint density at radius 1 is 0.741 bits per heavy atom. The van der Waals surface area contributed by atoms with Crippen LogP contribution in [0.25, 0.3) is 55.4 Å². The lowest BCUT2D eigenvalue weighted by Gasteiger charge is -2.21. The number of rotatable bonds is 11. The van der Waals surface area contributed by atoms with Crippen molar-refractivity contribution in [3.8, 4) is 22.4 Å². The molecule has 3 aromatic carbocycles. The van der Waals surface area contributed by atoms with E-state index in [1.807, 2.05) is 54.5 Å². The summed E-state index contributed by atoms with van der Waals surface area (Å²) in [5.41, 5.74) is 7.93. The molecule has 1 saturated carbocycles. The molecular weight excluding hydrogens is 679 g/mol. The first-order chi connectivity index (χ1) is 25.6. The number of pyridine rings is 1. The molecule has 1 fully saturated rings. The third kappa shape index (κ3) is 9.37. The van der Waals surface area contributed by atoms with Gasteiger partial charge in [-0.1, -0.05) is 24.3 Å². The van der Waals surface area contributed by atoms with Gasteiger partial charge in [0.25, 0.3) is 0 Å². The van der Waals surface area contributed by atoms with E-state index in [0.717, 1.165) is 106 Å². The molecule has 3 atom stereocenters. The zero-order valence-corrected chi connectivity index (χ0v) is 32.3. The molecule has 11 nitrogen and oxygen atoms in total. The Morgan fingerprint density at radius 3 is 2.02 bits per heavy atom. The van der Waals surface area contributed by atoms with E-state index in [9.17, 15) is 9.59 Å². The molecule has 0 bridgehead atoms. The summed E-state index contributed by atoms with van der Waals surface area (Å²) in [4.78, 5) is 45.8. The summed E-state index contributed by atoms with van der Waals surface area (Å²) in [6.07, 6.45) is 4.52. The Labute approximate surface area is 316 Å². The van der Waals surface area contributed by atoms with E-state index < -0.39 is 11.2 Å². The number of amides is 2. The molecule has 0 radical (unpaired) electrons. The highest BCUT2D eigenvalue weighted by Crippen LogP contribution is 2.35. The average molecular weight is 730 g/mol. The van der Waals surface area contributed by atoms with Gasteiger partial charge in [-0.3, -0.25) is 0 Å². The van der Waals surface area contributed by atoms with Crippen molar-refractivity contribution in [2.75, 3.05) is 0 Å². The predicted octanol–water partition coefficient (Wildman–Crippen LogP) is 9.40. The molecule has 7 rings (SSSR count). The van der Waals surface area contributed by atoms with Gasteiger partial charge in [0.2, 0.25) is 0 Å². The van der Waals surface area contributed by atoms with Gasteiger partial charge in [-0.05, 0) is 134 Å². The Bertz CT molecular complexity index is 2310. The highest BCUT2D eigenvalue weighted by Gasteiger charge is 2.38. The standard InChI is InChI=1S/C43H51N7O4/c1-25(44-40(51)53-42(2,3)4)9-8-10-38-46-34-19-14-29(24-37(34)48-38)32-17-13-28-21-26(11-16-31(28)45-32)27-12-18-33-36(22-27)49-39(47-33)20-15-30-23-35(30)50-41(52)54-43(5,6)7/h11-14,16-19,21-22,24-25,30,35H,8-10,15,20,23H2,1-7H3,(H,44,51)(H,46,48)(H,47,49)(H,50,52). The smallest absolute Gasteiger partial charge is 0.407 e. The van der Waals surface area contributed by atoms with Gasteiger partial charge in [0.15, 0.2) is 0 Å². The normalized spacial score (nSPS) is 16.4. The van der Waals surface area contributed by atoms with Crippen LogP contribution in [-0.2, 0) is 22.3 Å². The molecule has 1 aliphatic carbocycles. The number of nitrogens with zero attached hydrogens (tertiary/aromatic N) is 3. The Morgan fingerprint density at radius 2 is 1.33 bits per heavy atom. The molecule has 282 valence electrons. The number of aromatic nitrogens is 5. The summed E-state index contributed by atoms with van der Waals surface area (Å²) in [6.45, 7) is 13.2. The molecule has 3 unspecified atom stereocenters. The number of alkyl carbamates (subject to hydrolysis) is 2. The first-order valence-electron chi connectivity index (χ1n) is 19.0. The third-order valence-electron chi connectivity index (χ3n) is 9.57. The van der Waals surface area contributed by atoms with Crippen LogP contribution in [-0.4, -0.2) is 60.4 Å². The van der Waals surface area contributed by atoms with Crippen LogP contribution in [0.5, 0.6) is 0 Å². The van der Waals surface area contributed by atoms with Crippen LogP contribution in [0.1, 0.15) is 85.8 Å². The largest absolute Gasteiger partial charge is 0.444 e. The van der Waals surface area contributed by atoms with Crippen molar-refractivity contribution in [3.05, 3.63) is 78.4 Å². The lowest BCUT2D eigenvalue weighted by molar-refractivity contribution is 0.0499. The first-order valence-corrected chi connectivity index (χ1v) is 19.0. The Kier molecular flexibility index (Phi) is 10.1. The van der Waals surface area contributed by atoms with Crippen LogP contribution in [0.4, 0.5) is 9.59 Å². The van der Waals surface area contributed by atoms with Crippen molar-refractivity contribution in [2.24, 2.45) is 5.92 Å². The number of hydrogen-bond acceptors (Lipinski definition) is 7. The van der Waals surface area contributed by atoms with Gasteiger partial charge in [-0.25, -0.2) is 24.5 Å². The molecule has 3 aromatic heterocycles. The summed E-state index contributed by atoms with van der Waals surface area (Å²) in [7, 11) is 0. The van der Waals surface area contributed by atoms with Gasteiger partial charge >= 0.3 is 12.2 Å². The quantitative estimate of drug-likeness (QED) is 0.104. The van der Waals surface area contributed by atoms with Crippen LogP contribution < -0.4 is 10.6 Å². The SMILES string of the molecule is CC(CCCc1nc2ccc(-c3ccc4cc(-c5ccc6nc(CCC7CC7NC(=O)OC(C)(C)C)[nH]c6c5)ccc4n3)cc2[nH]1)NC(=O)OC(C)(C)C. The van der Waals surface area contributed by atoms with Crippen molar-refractivity contribution in [1.82, 2.24) is 35.6 Å². The van der Waals surface area contributed by atoms with Crippen molar-refractivity contribution in [1.29, 1.82) is 0 Å². The number of aromatic amines is 2. The van der Waals surface area contributed by atoms with Crippen LogP contribution in [0.3, 0.4) is 0 Å². The lowest BCUT2D eigenvalue weighted by atomic mass is 10.0. The number of nitrogens with one attached hydrogen (secondary N) is 4. The number of fused-ring (bicyclic) bond motifs is 3. The van der Waals surface area contributed by atoms with Crippen molar-refractivity contribution in [2.45, 2.75) is 110 Å². The van der Waals surface area contributed by atoms with Crippen LogP contribution in [0.2, 0.25) is 0 Å². The molecule has 0 spiro atoms. The molecule has 54 heavy (non-hydrogen) atoms. The minimum Gasteiger partial charge on any atom is -0.444 e. The second kappa shape index (κ2) is 14.8. The van der Waals surface area contributed by atoms with E-state index >= 15 is 0 Å². The van der Waals surface area contributed by atoms with E-state index in [4.69, 9.17) is 24.4 Å². The van der Waals surface area contributed by atoms with Crippen LogP contribution >= 0.6 is 0 Å². The Balaban J connectivity index is 0.955. The predicted molar refractivity (Wildman–Crippen MR) is 213 cm³/mol.